The second-order valence-corrected chi connectivity index (χ2v) is 5.72. The normalized spacial score (nSPS) is 12.2. The maximum atomic E-state index is 3.44. The Kier molecular flexibility index (Phi) is 5.40. The van der Waals surface area contributed by atoms with Gasteiger partial charge in [0.2, 0.25) is 0 Å². The summed E-state index contributed by atoms with van der Waals surface area (Å²) in [6.07, 6.45) is 0. The average molecular weight is 282 g/mol. The van der Waals surface area contributed by atoms with Crippen molar-refractivity contribution in [3.8, 4) is 0 Å². The number of rotatable bonds is 6. The van der Waals surface area contributed by atoms with Gasteiger partial charge in [0.1, 0.15) is 0 Å². The third kappa shape index (κ3) is 4.33. The van der Waals surface area contributed by atoms with Gasteiger partial charge in [-0.2, -0.15) is 0 Å². The number of anilines is 1. The SMILES string of the molecule is CCNC(C)c1ccc(N(C)Cc2cccc(C)c2)cc1. The number of nitrogens with one attached hydrogen (secondary N) is 1. The fourth-order valence-corrected chi connectivity index (χ4v) is 2.62. The van der Waals surface area contributed by atoms with Gasteiger partial charge in [-0.15, -0.1) is 0 Å². The molecule has 1 N–H and O–H groups in total. The van der Waals surface area contributed by atoms with Gasteiger partial charge in [0.15, 0.2) is 0 Å². The number of aryl methyl sites for hydroxylation is 1. The van der Waals surface area contributed by atoms with Crippen molar-refractivity contribution in [2.45, 2.75) is 33.4 Å². The minimum absolute atomic E-state index is 0.408. The van der Waals surface area contributed by atoms with E-state index < -0.39 is 0 Å². The van der Waals surface area contributed by atoms with Crippen molar-refractivity contribution < 1.29 is 0 Å². The molecule has 0 radical (unpaired) electrons. The predicted molar refractivity (Wildman–Crippen MR) is 91.8 cm³/mol. The molecule has 2 aromatic rings. The van der Waals surface area contributed by atoms with Crippen molar-refractivity contribution in [3.63, 3.8) is 0 Å². The van der Waals surface area contributed by atoms with Crippen LogP contribution in [0.5, 0.6) is 0 Å². The van der Waals surface area contributed by atoms with Gasteiger partial charge >= 0.3 is 0 Å². The quantitative estimate of drug-likeness (QED) is 0.849. The van der Waals surface area contributed by atoms with Crippen LogP contribution in [-0.2, 0) is 6.54 Å². The molecule has 0 saturated carbocycles. The van der Waals surface area contributed by atoms with Crippen LogP contribution in [0.15, 0.2) is 48.5 Å². The minimum atomic E-state index is 0.408. The van der Waals surface area contributed by atoms with E-state index in [1.165, 1.54) is 22.4 Å². The highest BCUT2D eigenvalue weighted by Gasteiger charge is 2.06. The molecule has 0 fully saturated rings. The third-order valence-electron chi connectivity index (χ3n) is 3.85. The largest absolute Gasteiger partial charge is 0.370 e. The van der Waals surface area contributed by atoms with Crippen molar-refractivity contribution in [2.24, 2.45) is 0 Å². The summed E-state index contributed by atoms with van der Waals surface area (Å²) < 4.78 is 0. The molecule has 2 aromatic carbocycles. The summed E-state index contributed by atoms with van der Waals surface area (Å²) in [7, 11) is 2.14. The molecular weight excluding hydrogens is 256 g/mol. The van der Waals surface area contributed by atoms with E-state index in [2.05, 4.69) is 86.6 Å². The first-order chi connectivity index (χ1) is 10.1. The monoisotopic (exact) mass is 282 g/mol. The predicted octanol–water partition coefficient (Wildman–Crippen LogP) is 4.30. The maximum Gasteiger partial charge on any atom is 0.0426 e. The summed E-state index contributed by atoms with van der Waals surface area (Å²) >= 11 is 0. The zero-order valence-corrected chi connectivity index (χ0v) is 13.6. The van der Waals surface area contributed by atoms with E-state index in [1.54, 1.807) is 0 Å². The Bertz CT molecular complexity index is 560. The minimum Gasteiger partial charge on any atom is -0.370 e. The lowest BCUT2D eigenvalue weighted by Gasteiger charge is -2.21. The standard InChI is InChI=1S/C19H26N2/c1-5-20-16(3)18-9-11-19(12-10-18)21(4)14-17-8-6-7-15(2)13-17/h6-13,16,20H,5,14H2,1-4H3. The molecule has 2 heteroatoms. The fraction of sp³-hybridized carbons (Fsp3) is 0.368. The molecule has 21 heavy (non-hydrogen) atoms. The van der Waals surface area contributed by atoms with Crippen LogP contribution in [0.25, 0.3) is 0 Å². The van der Waals surface area contributed by atoms with E-state index in [4.69, 9.17) is 0 Å². The highest BCUT2D eigenvalue weighted by molar-refractivity contribution is 5.48. The summed E-state index contributed by atoms with van der Waals surface area (Å²) in [5.74, 6) is 0. The molecule has 1 unspecified atom stereocenters. The second kappa shape index (κ2) is 7.28. The topological polar surface area (TPSA) is 15.3 Å². The van der Waals surface area contributed by atoms with Gasteiger partial charge in [-0.1, -0.05) is 48.9 Å². The lowest BCUT2D eigenvalue weighted by atomic mass is 10.1. The van der Waals surface area contributed by atoms with Gasteiger partial charge in [0, 0.05) is 25.3 Å². The molecule has 0 aliphatic carbocycles. The molecule has 1 atom stereocenters. The Morgan fingerprint density at radius 1 is 1.10 bits per heavy atom. The van der Waals surface area contributed by atoms with E-state index in [0.717, 1.165) is 13.1 Å². The summed E-state index contributed by atoms with van der Waals surface area (Å²) in [6.45, 7) is 8.41. The smallest absolute Gasteiger partial charge is 0.0426 e. The van der Waals surface area contributed by atoms with E-state index in [1.807, 2.05) is 0 Å². The zero-order valence-electron chi connectivity index (χ0n) is 13.6. The van der Waals surface area contributed by atoms with Crippen molar-refractivity contribution >= 4 is 5.69 Å². The van der Waals surface area contributed by atoms with Crippen LogP contribution < -0.4 is 10.2 Å². The van der Waals surface area contributed by atoms with E-state index in [0.29, 0.717) is 6.04 Å². The van der Waals surface area contributed by atoms with Gasteiger partial charge in [-0.3, -0.25) is 0 Å². The molecule has 2 nitrogen and oxygen atoms in total. The van der Waals surface area contributed by atoms with Crippen LogP contribution in [0.4, 0.5) is 5.69 Å². The van der Waals surface area contributed by atoms with Crippen LogP contribution in [0, 0.1) is 6.92 Å². The Morgan fingerprint density at radius 3 is 2.43 bits per heavy atom. The Balaban J connectivity index is 2.04. The Morgan fingerprint density at radius 2 is 1.81 bits per heavy atom. The number of hydrogen-bond acceptors (Lipinski definition) is 2. The Labute approximate surface area is 128 Å². The molecule has 0 amide bonds. The molecule has 0 heterocycles. The summed E-state index contributed by atoms with van der Waals surface area (Å²) in [6, 6.07) is 18.0. The van der Waals surface area contributed by atoms with Gasteiger partial charge in [0.25, 0.3) is 0 Å². The van der Waals surface area contributed by atoms with Gasteiger partial charge in [0.05, 0.1) is 0 Å². The molecule has 0 aromatic heterocycles. The average Bonchev–Trinajstić information content (AvgIpc) is 2.47. The lowest BCUT2D eigenvalue weighted by Crippen LogP contribution is -2.18. The second-order valence-electron chi connectivity index (χ2n) is 5.72. The van der Waals surface area contributed by atoms with Crippen LogP contribution in [-0.4, -0.2) is 13.6 Å². The lowest BCUT2D eigenvalue weighted by molar-refractivity contribution is 0.598. The van der Waals surface area contributed by atoms with Gasteiger partial charge in [-0.25, -0.2) is 0 Å². The first kappa shape index (κ1) is 15.6. The van der Waals surface area contributed by atoms with Crippen LogP contribution in [0.1, 0.15) is 36.6 Å². The van der Waals surface area contributed by atoms with Gasteiger partial charge < -0.3 is 10.2 Å². The first-order valence-electron chi connectivity index (χ1n) is 7.70. The van der Waals surface area contributed by atoms with Gasteiger partial charge in [-0.05, 0) is 43.7 Å². The molecule has 0 bridgehead atoms. The highest BCUT2D eigenvalue weighted by Crippen LogP contribution is 2.20. The van der Waals surface area contributed by atoms with Crippen LogP contribution in [0.3, 0.4) is 0 Å². The maximum absolute atomic E-state index is 3.44. The highest BCUT2D eigenvalue weighted by atomic mass is 15.1. The fourth-order valence-electron chi connectivity index (χ4n) is 2.62. The first-order valence-corrected chi connectivity index (χ1v) is 7.70. The molecule has 0 aliphatic rings. The molecule has 0 aliphatic heterocycles. The van der Waals surface area contributed by atoms with Crippen molar-refractivity contribution in [3.05, 3.63) is 65.2 Å². The van der Waals surface area contributed by atoms with Crippen molar-refractivity contribution in [1.82, 2.24) is 5.32 Å². The number of nitrogens with zero attached hydrogens (tertiary/aromatic N) is 1. The van der Waals surface area contributed by atoms with Crippen LogP contribution in [0.2, 0.25) is 0 Å². The van der Waals surface area contributed by atoms with E-state index in [9.17, 15) is 0 Å². The Hall–Kier alpha value is -1.80. The summed E-state index contributed by atoms with van der Waals surface area (Å²) in [4.78, 5) is 2.29. The van der Waals surface area contributed by atoms with E-state index in [-0.39, 0.29) is 0 Å². The molecule has 2 rings (SSSR count). The molecule has 0 saturated heterocycles. The number of benzene rings is 2. The van der Waals surface area contributed by atoms with Crippen molar-refractivity contribution in [2.75, 3.05) is 18.5 Å². The summed E-state index contributed by atoms with van der Waals surface area (Å²) in [5.41, 5.74) is 5.26. The number of hydrogen-bond donors (Lipinski definition) is 1. The molecule has 0 spiro atoms. The zero-order chi connectivity index (χ0) is 15.2. The molecular formula is C19H26N2. The van der Waals surface area contributed by atoms with Crippen LogP contribution >= 0.6 is 0 Å². The third-order valence-corrected chi connectivity index (χ3v) is 3.85. The summed E-state index contributed by atoms with van der Waals surface area (Å²) in [5, 5.41) is 3.44. The van der Waals surface area contributed by atoms with Crippen molar-refractivity contribution in [1.29, 1.82) is 0 Å². The van der Waals surface area contributed by atoms with E-state index >= 15 is 0 Å². The molecule has 112 valence electrons.